The SMILES string of the molecule is CCC(C)NC(=O)O[C@@H]1CC[C@H](c2cc(NC3=C4C(CC=C3)C(COC3CCOC3)=NN4C)n[nH]2)C1. The van der Waals surface area contributed by atoms with Crippen molar-refractivity contribution in [3.05, 3.63) is 35.3 Å². The Balaban J connectivity index is 1.18. The minimum Gasteiger partial charge on any atom is -0.446 e. The van der Waals surface area contributed by atoms with Crippen LogP contribution < -0.4 is 10.6 Å². The zero-order valence-corrected chi connectivity index (χ0v) is 21.5. The lowest BCUT2D eigenvalue weighted by Gasteiger charge is -2.23. The number of rotatable bonds is 9. The first-order valence-corrected chi connectivity index (χ1v) is 13.2. The number of carbonyl (C=O) groups excluding carboxylic acids is 1. The van der Waals surface area contributed by atoms with Crippen molar-refractivity contribution in [2.24, 2.45) is 11.0 Å². The number of anilines is 1. The largest absolute Gasteiger partial charge is 0.446 e. The molecule has 1 saturated heterocycles. The second-order valence-corrected chi connectivity index (χ2v) is 10.2. The van der Waals surface area contributed by atoms with Gasteiger partial charge in [0, 0.05) is 43.3 Å². The number of hydrogen-bond donors (Lipinski definition) is 3. The van der Waals surface area contributed by atoms with E-state index in [1.165, 1.54) is 0 Å². The molecule has 36 heavy (non-hydrogen) atoms. The molecule has 10 heteroatoms. The van der Waals surface area contributed by atoms with E-state index in [4.69, 9.17) is 19.3 Å². The van der Waals surface area contributed by atoms with Crippen molar-refractivity contribution in [1.82, 2.24) is 20.5 Å². The molecule has 3 N–H and O–H groups in total. The van der Waals surface area contributed by atoms with Crippen LogP contribution in [0.4, 0.5) is 10.6 Å². The molecule has 4 aliphatic rings. The monoisotopic (exact) mass is 498 g/mol. The molecule has 5 atom stereocenters. The van der Waals surface area contributed by atoms with Crippen molar-refractivity contribution in [2.45, 2.75) is 76.5 Å². The number of allylic oxidation sites excluding steroid dienone is 3. The maximum Gasteiger partial charge on any atom is 0.407 e. The number of nitrogens with zero attached hydrogens (tertiary/aromatic N) is 3. The Morgan fingerprint density at radius 2 is 2.22 bits per heavy atom. The van der Waals surface area contributed by atoms with E-state index in [0.29, 0.717) is 19.1 Å². The number of nitrogens with one attached hydrogen (secondary N) is 3. The third-order valence-electron chi connectivity index (χ3n) is 7.58. The smallest absolute Gasteiger partial charge is 0.407 e. The number of ether oxygens (including phenoxy) is 3. The maximum absolute atomic E-state index is 12.1. The Bertz CT molecular complexity index is 1030. The summed E-state index contributed by atoms with van der Waals surface area (Å²) >= 11 is 0. The Kier molecular flexibility index (Phi) is 7.62. The summed E-state index contributed by atoms with van der Waals surface area (Å²) < 4.78 is 17.1. The molecular formula is C26H38N6O4. The van der Waals surface area contributed by atoms with Crippen molar-refractivity contribution in [2.75, 3.05) is 32.2 Å². The second kappa shape index (κ2) is 11.0. The first-order chi connectivity index (χ1) is 17.5. The van der Waals surface area contributed by atoms with Crippen LogP contribution >= 0.6 is 0 Å². The Morgan fingerprint density at radius 1 is 1.33 bits per heavy atom. The summed E-state index contributed by atoms with van der Waals surface area (Å²) in [6.07, 6.45) is 9.44. The average molecular weight is 499 g/mol. The van der Waals surface area contributed by atoms with Gasteiger partial charge >= 0.3 is 6.09 Å². The number of fused-ring (bicyclic) bond motifs is 1. The number of hydrazone groups is 1. The fourth-order valence-electron chi connectivity index (χ4n) is 5.37. The van der Waals surface area contributed by atoms with Gasteiger partial charge < -0.3 is 24.8 Å². The average Bonchev–Trinajstić information content (AvgIpc) is 3.66. The van der Waals surface area contributed by atoms with Crippen LogP contribution in [0, 0.1) is 5.92 Å². The molecule has 10 nitrogen and oxygen atoms in total. The number of aromatic nitrogens is 2. The molecule has 2 aliphatic carbocycles. The van der Waals surface area contributed by atoms with E-state index >= 15 is 0 Å². The van der Waals surface area contributed by atoms with Gasteiger partial charge in [0.1, 0.15) is 6.10 Å². The molecule has 2 aliphatic heterocycles. The first-order valence-electron chi connectivity index (χ1n) is 13.2. The summed E-state index contributed by atoms with van der Waals surface area (Å²) in [6.45, 7) is 5.99. The molecular weight excluding hydrogens is 460 g/mol. The lowest BCUT2D eigenvalue weighted by Crippen LogP contribution is -2.34. The molecule has 1 saturated carbocycles. The highest BCUT2D eigenvalue weighted by Gasteiger charge is 2.35. The van der Waals surface area contributed by atoms with Gasteiger partial charge in [-0.3, -0.25) is 10.1 Å². The third-order valence-corrected chi connectivity index (χ3v) is 7.58. The lowest BCUT2D eigenvalue weighted by atomic mass is 9.91. The quantitative estimate of drug-likeness (QED) is 0.474. The van der Waals surface area contributed by atoms with Gasteiger partial charge in [0.15, 0.2) is 5.82 Å². The fraction of sp³-hybridized carbons (Fsp3) is 0.654. The van der Waals surface area contributed by atoms with Crippen molar-refractivity contribution >= 4 is 17.6 Å². The standard InChI is InChI=1S/C26H38N6O4/c1-4-16(2)27-26(33)36-18-9-8-17(12-18)22-13-24(30-29-22)28-21-7-5-6-20-23(31-32(3)25(20)21)15-35-19-10-11-34-14-19/h5,7,13,16-20H,4,6,8-12,14-15H2,1-3H3,(H,27,33)(H2,28,29,30)/t16?,17-,18+,19?,20?/m0/s1. The summed E-state index contributed by atoms with van der Waals surface area (Å²) in [7, 11) is 1.99. The molecule has 0 radical (unpaired) electrons. The lowest BCUT2D eigenvalue weighted by molar-refractivity contribution is 0.0650. The van der Waals surface area contributed by atoms with Crippen molar-refractivity contribution in [3.63, 3.8) is 0 Å². The van der Waals surface area contributed by atoms with Crippen molar-refractivity contribution in [1.29, 1.82) is 0 Å². The minimum absolute atomic E-state index is 0.0635. The van der Waals surface area contributed by atoms with Gasteiger partial charge in [0.25, 0.3) is 0 Å². The van der Waals surface area contributed by atoms with Gasteiger partial charge in [-0.25, -0.2) is 4.79 Å². The number of aromatic amines is 1. The minimum atomic E-state index is -0.321. The van der Waals surface area contributed by atoms with Crippen LogP contribution in [0.3, 0.4) is 0 Å². The van der Waals surface area contributed by atoms with E-state index in [2.05, 4.69) is 39.0 Å². The van der Waals surface area contributed by atoms with E-state index in [9.17, 15) is 4.79 Å². The molecule has 1 aromatic rings. The summed E-state index contributed by atoms with van der Waals surface area (Å²) in [6, 6.07) is 2.19. The summed E-state index contributed by atoms with van der Waals surface area (Å²) in [5.74, 6) is 1.28. The van der Waals surface area contributed by atoms with Crippen LogP contribution in [0.1, 0.15) is 64.0 Å². The zero-order chi connectivity index (χ0) is 25.1. The van der Waals surface area contributed by atoms with Crippen LogP contribution in [0.15, 0.2) is 34.7 Å². The zero-order valence-electron chi connectivity index (χ0n) is 21.5. The Morgan fingerprint density at radius 3 is 3.03 bits per heavy atom. The predicted octanol–water partition coefficient (Wildman–Crippen LogP) is 3.88. The molecule has 1 amide bonds. The van der Waals surface area contributed by atoms with Gasteiger partial charge in [-0.05, 0) is 51.5 Å². The van der Waals surface area contributed by atoms with Crippen molar-refractivity contribution < 1.29 is 19.0 Å². The summed E-state index contributed by atoms with van der Waals surface area (Å²) in [5.41, 5.74) is 4.27. The molecule has 0 aromatic carbocycles. The number of amides is 1. The van der Waals surface area contributed by atoms with E-state index in [1.807, 2.05) is 25.9 Å². The van der Waals surface area contributed by atoms with Crippen molar-refractivity contribution in [3.8, 4) is 0 Å². The molecule has 0 bridgehead atoms. The van der Waals surface area contributed by atoms with Gasteiger partial charge in [-0.1, -0.05) is 13.0 Å². The molecule has 3 unspecified atom stereocenters. The molecule has 1 aromatic heterocycles. The number of alkyl carbamates (subject to hydrolysis) is 1. The fourth-order valence-corrected chi connectivity index (χ4v) is 5.37. The molecule has 0 spiro atoms. The maximum atomic E-state index is 12.1. The van der Waals surface area contributed by atoms with Crippen LogP contribution in [0.25, 0.3) is 0 Å². The highest BCUT2D eigenvalue weighted by Crippen LogP contribution is 2.37. The summed E-state index contributed by atoms with van der Waals surface area (Å²) in [5, 5.41) is 20.8. The number of hydrogen-bond acceptors (Lipinski definition) is 8. The van der Waals surface area contributed by atoms with E-state index in [0.717, 1.165) is 73.7 Å². The normalized spacial score (nSPS) is 28.3. The second-order valence-electron chi connectivity index (χ2n) is 10.2. The van der Waals surface area contributed by atoms with Gasteiger partial charge in [-0.15, -0.1) is 0 Å². The van der Waals surface area contributed by atoms with Crippen LogP contribution in [0.2, 0.25) is 0 Å². The van der Waals surface area contributed by atoms with Crippen LogP contribution in [-0.4, -0.2) is 72.1 Å². The molecule has 196 valence electrons. The summed E-state index contributed by atoms with van der Waals surface area (Å²) in [4.78, 5) is 12.1. The molecule has 3 heterocycles. The van der Waals surface area contributed by atoms with Gasteiger partial charge in [0.05, 0.1) is 36.4 Å². The topological polar surface area (TPSA) is 113 Å². The molecule has 2 fully saturated rings. The Labute approximate surface area is 212 Å². The van der Waals surface area contributed by atoms with Crippen LogP contribution in [0.5, 0.6) is 0 Å². The Hall–Kier alpha value is -2.85. The highest BCUT2D eigenvalue weighted by atomic mass is 16.6. The van der Waals surface area contributed by atoms with E-state index in [-0.39, 0.29) is 30.3 Å². The predicted molar refractivity (Wildman–Crippen MR) is 137 cm³/mol. The van der Waals surface area contributed by atoms with Gasteiger partial charge in [0.2, 0.25) is 0 Å². The highest BCUT2D eigenvalue weighted by molar-refractivity contribution is 5.92. The van der Waals surface area contributed by atoms with E-state index < -0.39 is 0 Å². The number of H-pyrrole nitrogens is 1. The van der Waals surface area contributed by atoms with Crippen LogP contribution in [-0.2, 0) is 14.2 Å². The number of carbonyl (C=O) groups is 1. The van der Waals surface area contributed by atoms with E-state index in [1.54, 1.807) is 0 Å². The van der Waals surface area contributed by atoms with Gasteiger partial charge in [-0.2, -0.15) is 10.2 Å². The molecule has 5 rings (SSSR count). The third kappa shape index (κ3) is 5.59. The first kappa shape index (κ1) is 24.8.